The molecule has 5 atom stereocenters. The van der Waals surface area contributed by atoms with Crippen LogP contribution < -0.4 is 9.64 Å². The summed E-state index contributed by atoms with van der Waals surface area (Å²) in [6.07, 6.45) is 11.5. The lowest BCUT2D eigenvalue weighted by Gasteiger charge is -2.38. The van der Waals surface area contributed by atoms with Crippen LogP contribution in [0.5, 0.6) is 11.8 Å². The highest BCUT2D eigenvalue weighted by Crippen LogP contribution is 2.46. The molecule has 1 aromatic heterocycles. The second-order valence-electron chi connectivity index (χ2n) is 13.4. The van der Waals surface area contributed by atoms with Crippen molar-refractivity contribution in [1.29, 1.82) is 0 Å². The number of benzene rings is 3. The molecule has 6 nitrogen and oxygen atoms in total. The van der Waals surface area contributed by atoms with Gasteiger partial charge in [-0.05, 0) is 85.5 Å². The third-order valence-corrected chi connectivity index (χ3v) is 12.1. The minimum absolute atomic E-state index is 0.00496. The summed E-state index contributed by atoms with van der Waals surface area (Å²) in [6.45, 7) is 3.06. The third-order valence-electron chi connectivity index (χ3n) is 10.8. The fourth-order valence-electron chi connectivity index (χ4n) is 8.80. The Kier molecular flexibility index (Phi) is 7.26. The number of aromatic nitrogens is 2. The van der Waals surface area contributed by atoms with Gasteiger partial charge in [-0.1, -0.05) is 18.1 Å². The molecule has 10 heteroatoms. The fraction of sp³-hybridized carbons (Fsp3) is 0.444. The van der Waals surface area contributed by atoms with Crippen LogP contribution in [0.4, 0.5) is 19.0 Å². The number of nitrogens with zero attached hydrogens (tertiary/aromatic N) is 4. The molecular weight excluding hydrogens is 609 g/mol. The molecular formula is C36H35F3N4O2S. The Bertz CT molecular complexity index is 1900. The topological polar surface area (TPSA) is 61.7 Å². The van der Waals surface area contributed by atoms with Gasteiger partial charge in [-0.2, -0.15) is 21.7 Å². The smallest absolute Gasteiger partial charge is 0.319 e. The number of hydrogen-bond donors (Lipinski definition) is 1. The molecule has 1 saturated carbocycles. The van der Waals surface area contributed by atoms with Crippen molar-refractivity contribution < 1.29 is 23.0 Å². The van der Waals surface area contributed by atoms with Gasteiger partial charge in [0.05, 0.1) is 11.1 Å². The van der Waals surface area contributed by atoms with E-state index in [0.717, 1.165) is 45.3 Å². The maximum atomic E-state index is 16.9. The lowest BCUT2D eigenvalue weighted by molar-refractivity contribution is 0.107. The average Bonchev–Trinajstić information content (AvgIpc) is 3.65. The van der Waals surface area contributed by atoms with E-state index in [4.69, 9.17) is 16.1 Å². The highest BCUT2D eigenvalue weighted by atomic mass is 32.2. The Balaban J connectivity index is 1.27. The van der Waals surface area contributed by atoms with E-state index in [1.807, 2.05) is 11.8 Å². The van der Waals surface area contributed by atoms with Crippen molar-refractivity contribution in [2.24, 2.45) is 11.8 Å². The molecule has 8 rings (SSSR count). The number of thioether (sulfide) groups is 1. The predicted molar refractivity (Wildman–Crippen MR) is 176 cm³/mol. The number of anilines is 1. The first-order valence-electron chi connectivity index (χ1n) is 16.0. The van der Waals surface area contributed by atoms with Gasteiger partial charge in [-0.15, -0.1) is 6.42 Å². The molecule has 0 amide bonds. The molecule has 3 aromatic carbocycles. The molecule has 4 heterocycles. The largest absolute Gasteiger partial charge is 0.508 e. The van der Waals surface area contributed by atoms with Crippen LogP contribution in [-0.4, -0.2) is 76.0 Å². The Morgan fingerprint density at radius 1 is 1.09 bits per heavy atom. The van der Waals surface area contributed by atoms with Crippen LogP contribution in [0.15, 0.2) is 36.4 Å². The van der Waals surface area contributed by atoms with Crippen LogP contribution in [0.3, 0.4) is 0 Å². The second kappa shape index (κ2) is 11.2. The summed E-state index contributed by atoms with van der Waals surface area (Å²) in [4.78, 5) is 13.9. The minimum Gasteiger partial charge on any atom is -0.508 e. The van der Waals surface area contributed by atoms with Crippen molar-refractivity contribution in [1.82, 2.24) is 14.9 Å². The van der Waals surface area contributed by atoms with Gasteiger partial charge in [0.2, 0.25) is 0 Å². The molecule has 3 aliphatic heterocycles. The lowest BCUT2D eigenvalue weighted by Crippen LogP contribution is -2.44. The standard InChI is InChI=1S/C36H35F3N4O2S/c1-3-25-29(38)10-7-20-13-24(44)14-28(30(20)25)26-8-9-27-32(31(26)39)40-35(45-19-36-11-4-12-43(36)18-23(37)15-36)41-34(27)42-16-21-5-6-22(17-42)33(21)46-2/h1,7-10,13-14,21-23,33,44H,4-6,11-12,15-19H2,2H3/t21-,22+,23-,33?,36+/m1/s1. The molecule has 1 N–H and O–H groups in total. The maximum Gasteiger partial charge on any atom is 0.319 e. The van der Waals surface area contributed by atoms with E-state index in [0.29, 0.717) is 52.0 Å². The van der Waals surface area contributed by atoms with E-state index in [9.17, 15) is 13.9 Å². The fourth-order valence-corrected chi connectivity index (χ4v) is 10.0. The zero-order valence-electron chi connectivity index (χ0n) is 25.6. The van der Waals surface area contributed by atoms with E-state index in [1.165, 1.54) is 24.3 Å². The molecule has 0 spiro atoms. The molecule has 2 bridgehead atoms. The quantitative estimate of drug-likeness (QED) is 0.228. The van der Waals surface area contributed by atoms with Crippen molar-refractivity contribution >= 4 is 39.3 Å². The summed E-state index contributed by atoms with van der Waals surface area (Å²) in [5, 5.41) is 12.6. The van der Waals surface area contributed by atoms with Gasteiger partial charge in [-0.25, -0.2) is 13.2 Å². The number of aromatic hydroxyl groups is 1. The number of ether oxygens (including phenoxy) is 1. The average molecular weight is 645 g/mol. The van der Waals surface area contributed by atoms with Crippen molar-refractivity contribution in [2.45, 2.75) is 49.1 Å². The molecule has 238 valence electrons. The Morgan fingerprint density at radius 2 is 1.89 bits per heavy atom. The van der Waals surface area contributed by atoms with E-state index in [2.05, 4.69) is 27.0 Å². The van der Waals surface area contributed by atoms with Crippen LogP contribution in [0, 0.1) is 35.8 Å². The van der Waals surface area contributed by atoms with Gasteiger partial charge in [0, 0.05) is 47.6 Å². The Hall–Kier alpha value is -3.68. The minimum atomic E-state index is -0.903. The van der Waals surface area contributed by atoms with Gasteiger partial charge in [0.25, 0.3) is 0 Å². The van der Waals surface area contributed by atoms with Gasteiger partial charge in [0.1, 0.15) is 35.7 Å². The zero-order valence-corrected chi connectivity index (χ0v) is 26.4. The summed E-state index contributed by atoms with van der Waals surface area (Å²) in [6, 6.07) is 9.12. The number of fused-ring (bicyclic) bond motifs is 5. The summed E-state index contributed by atoms with van der Waals surface area (Å²) >= 11 is 1.93. The summed E-state index contributed by atoms with van der Waals surface area (Å²) < 4.78 is 52.6. The number of phenolic OH excluding ortho intramolecular Hbond substituents is 1. The van der Waals surface area contributed by atoms with E-state index < -0.39 is 23.3 Å². The van der Waals surface area contributed by atoms with E-state index in [-0.39, 0.29) is 40.6 Å². The van der Waals surface area contributed by atoms with Crippen molar-refractivity contribution in [2.75, 3.05) is 43.9 Å². The van der Waals surface area contributed by atoms with Crippen molar-refractivity contribution in [3.63, 3.8) is 0 Å². The van der Waals surface area contributed by atoms with Gasteiger partial charge >= 0.3 is 6.01 Å². The first-order chi connectivity index (χ1) is 22.3. The Morgan fingerprint density at radius 3 is 2.65 bits per heavy atom. The van der Waals surface area contributed by atoms with Gasteiger partial charge in [-0.3, -0.25) is 4.90 Å². The monoisotopic (exact) mass is 644 g/mol. The molecule has 46 heavy (non-hydrogen) atoms. The normalized spacial score (nSPS) is 27.4. The van der Waals surface area contributed by atoms with E-state index >= 15 is 4.39 Å². The number of rotatable bonds is 6. The second-order valence-corrected chi connectivity index (χ2v) is 14.4. The molecule has 1 aliphatic carbocycles. The number of halogens is 3. The molecule has 1 unspecified atom stereocenters. The van der Waals surface area contributed by atoms with E-state index in [1.54, 1.807) is 12.1 Å². The van der Waals surface area contributed by atoms with Crippen LogP contribution in [0.1, 0.15) is 37.7 Å². The molecule has 4 aromatic rings. The van der Waals surface area contributed by atoms with Crippen LogP contribution in [0.25, 0.3) is 32.8 Å². The van der Waals surface area contributed by atoms with Crippen LogP contribution >= 0.6 is 11.8 Å². The lowest BCUT2D eigenvalue weighted by atomic mass is 9.93. The van der Waals surface area contributed by atoms with Gasteiger partial charge in [0.15, 0.2) is 5.82 Å². The summed E-state index contributed by atoms with van der Waals surface area (Å²) in [7, 11) is 0. The molecule has 4 aliphatic rings. The highest BCUT2D eigenvalue weighted by Gasteiger charge is 2.49. The number of piperidine rings is 1. The van der Waals surface area contributed by atoms with Crippen molar-refractivity contribution in [3.05, 3.63) is 53.6 Å². The number of hydrogen-bond acceptors (Lipinski definition) is 7. The third kappa shape index (κ3) is 4.69. The van der Waals surface area contributed by atoms with Crippen LogP contribution in [-0.2, 0) is 0 Å². The number of phenols is 1. The SMILES string of the molecule is C#Cc1c(F)ccc2cc(O)cc(-c3ccc4c(N5C[C@H]6CC[C@@H](C5)C6SC)nc(OC[C@@]56CCCN5C[C@H](F)C6)nc4c3F)c12. The Labute approximate surface area is 270 Å². The predicted octanol–water partition coefficient (Wildman–Crippen LogP) is 6.95. The molecule has 3 saturated heterocycles. The first-order valence-corrected chi connectivity index (χ1v) is 17.3. The zero-order chi connectivity index (χ0) is 31.7. The summed E-state index contributed by atoms with van der Waals surface area (Å²) in [5.41, 5.74) is 0.0504. The van der Waals surface area contributed by atoms with Crippen LogP contribution in [0.2, 0.25) is 0 Å². The first kappa shape index (κ1) is 29.7. The number of terminal acetylenes is 1. The molecule has 0 radical (unpaired) electrons. The number of alkyl halides is 1. The van der Waals surface area contributed by atoms with Gasteiger partial charge < -0.3 is 14.7 Å². The van der Waals surface area contributed by atoms with Crippen molar-refractivity contribution in [3.8, 4) is 35.2 Å². The summed E-state index contributed by atoms with van der Waals surface area (Å²) in [5.74, 6) is 2.70. The molecule has 4 fully saturated rings. The maximum absolute atomic E-state index is 16.9. The highest BCUT2D eigenvalue weighted by molar-refractivity contribution is 7.99.